The van der Waals surface area contributed by atoms with Gasteiger partial charge in [-0.15, -0.1) is 0 Å². The highest BCUT2D eigenvalue weighted by molar-refractivity contribution is 6.09. The first-order chi connectivity index (χ1) is 15.7. The van der Waals surface area contributed by atoms with E-state index in [0.717, 1.165) is 38.9 Å². The van der Waals surface area contributed by atoms with E-state index in [-0.39, 0.29) is 11.6 Å². The van der Waals surface area contributed by atoms with Gasteiger partial charge in [-0.25, -0.2) is 4.39 Å². The Kier molecular flexibility index (Phi) is 5.22. The number of aromatic amines is 1. The van der Waals surface area contributed by atoms with E-state index in [9.17, 15) is 9.18 Å². The summed E-state index contributed by atoms with van der Waals surface area (Å²) in [5.74, 6) is -0.351. The van der Waals surface area contributed by atoms with Crippen molar-refractivity contribution in [2.75, 3.05) is 0 Å². The summed E-state index contributed by atoms with van der Waals surface area (Å²) in [6.45, 7) is 0. The first-order valence-electron chi connectivity index (χ1n) is 10.4. The van der Waals surface area contributed by atoms with Gasteiger partial charge in [0.15, 0.2) is 5.78 Å². The fraction of sp³-hybridized carbons (Fsp3) is 0. The number of para-hydroxylation sites is 1. The van der Waals surface area contributed by atoms with Crippen molar-refractivity contribution >= 4 is 22.8 Å². The fourth-order valence-electron chi connectivity index (χ4n) is 3.89. The molecule has 0 aliphatic carbocycles. The Bertz CT molecular complexity index is 1410. The van der Waals surface area contributed by atoms with Gasteiger partial charge < -0.3 is 4.98 Å². The number of carbonyl (C=O) groups is 1. The molecule has 0 saturated carbocycles. The smallest absolute Gasteiger partial charge is 0.185 e. The molecule has 0 saturated heterocycles. The molecule has 4 aromatic carbocycles. The highest BCUT2D eigenvalue weighted by atomic mass is 19.1. The van der Waals surface area contributed by atoms with Crippen molar-refractivity contribution in [2.24, 2.45) is 0 Å². The van der Waals surface area contributed by atoms with E-state index in [1.165, 1.54) is 12.1 Å². The third kappa shape index (κ3) is 3.88. The lowest BCUT2D eigenvalue weighted by atomic mass is 10.0. The number of benzene rings is 4. The number of nitrogens with one attached hydrogen (secondary N) is 1. The van der Waals surface area contributed by atoms with Crippen LogP contribution < -0.4 is 0 Å². The number of hydrogen-bond acceptors (Lipinski definition) is 1. The SMILES string of the molecule is O=C(/C=C/c1c(-c2ccc(F)cc2)[nH]c2ccccc12)c1ccc(-c2ccccc2)cc1. The number of allylic oxidation sites excluding steroid dienone is 1. The Morgan fingerprint density at radius 3 is 2.06 bits per heavy atom. The lowest BCUT2D eigenvalue weighted by Crippen LogP contribution is -1.94. The van der Waals surface area contributed by atoms with Gasteiger partial charge >= 0.3 is 0 Å². The van der Waals surface area contributed by atoms with Crippen LogP contribution in [0.2, 0.25) is 0 Å². The number of ketones is 1. The molecule has 0 amide bonds. The lowest BCUT2D eigenvalue weighted by molar-refractivity contribution is 0.104. The van der Waals surface area contributed by atoms with E-state index >= 15 is 0 Å². The molecule has 154 valence electrons. The van der Waals surface area contributed by atoms with Crippen LogP contribution in [0.4, 0.5) is 4.39 Å². The normalized spacial score (nSPS) is 11.3. The van der Waals surface area contributed by atoms with Crippen LogP contribution in [0.5, 0.6) is 0 Å². The summed E-state index contributed by atoms with van der Waals surface area (Å²) in [6, 6.07) is 32.0. The van der Waals surface area contributed by atoms with Crippen molar-refractivity contribution < 1.29 is 9.18 Å². The van der Waals surface area contributed by atoms with Crippen LogP contribution in [0.1, 0.15) is 15.9 Å². The maximum Gasteiger partial charge on any atom is 0.185 e. The van der Waals surface area contributed by atoms with E-state index < -0.39 is 0 Å². The van der Waals surface area contributed by atoms with E-state index in [1.807, 2.05) is 84.9 Å². The van der Waals surface area contributed by atoms with Crippen molar-refractivity contribution in [3.05, 3.63) is 126 Å². The van der Waals surface area contributed by atoms with Crippen LogP contribution >= 0.6 is 0 Å². The molecule has 0 spiro atoms. The van der Waals surface area contributed by atoms with Gasteiger partial charge in [0.25, 0.3) is 0 Å². The van der Waals surface area contributed by atoms with Gasteiger partial charge in [-0.1, -0.05) is 72.8 Å². The molecule has 0 radical (unpaired) electrons. The summed E-state index contributed by atoms with van der Waals surface area (Å²) in [4.78, 5) is 16.3. The second-order valence-electron chi connectivity index (χ2n) is 7.61. The van der Waals surface area contributed by atoms with Crippen LogP contribution in [0.25, 0.3) is 39.4 Å². The van der Waals surface area contributed by atoms with Gasteiger partial charge in [-0.05, 0) is 59.2 Å². The highest BCUT2D eigenvalue weighted by Gasteiger charge is 2.12. The van der Waals surface area contributed by atoms with E-state index in [0.29, 0.717) is 5.56 Å². The maximum absolute atomic E-state index is 13.4. The number of halogens is 1. The first-order valence-corrected chi connectivity index (χ1v) is 10.4. The van der Waals surface area contributed by atoms with Crippen molar-refractivity contribution in [1.29, 1.82) is 0 Å². The number of carbonyl (C=O) groups excluding carboxylic acids is 1. The Morgan fingerprint density at radius 1 is 0.688 bits per heavy atom. The fourth-order valence-corrected chi connectivity index (χ4v) is 3.89. The maximum atomic E-state index is 13.4. The number of rotatable bonds is 5. The highest BCUT2D eigenvalue weighted by Crippen LogP contribution is 2.31. The molecule has 1 heterocycles. The second-order valence-corrected chi connectivity index (χ2v) is 7.61. The van der Waals surface area contributed by atoms with Gasteiger partial charge in [0, 0.05) is 22.0 Å². The third-order valence-corrected chi connectivity index (χ3v) is 5.56. The molecule has 32 heavy (non-hydrogen) atoms. The average molecular weight is 417 g/mol. The summed E-state index contributed by atoms with van der Waals surface area (Å²) in [6.07, 6.45) is 3.44. The van der Waals surface area contributed by atoms with Crippen molar-refractivity contribution in [2.45, 2.75) is 0 Å². The quantitative estimate of drug-likeness (QED) is 0.233. The van der Waals surface area contributed by atoms with Gasteiger partial charge in [0.1, 0.15) is 5.82 Å². The molecule has 0 atom stereocenters. The molecule has 0 aliphatic rings. The summed E-state index contributed by atoms with van der Waals surface area (Å²) < 4.78 is 13.4. The summed E-state index contributed by atoms with van der Waals surface area (Å²) in [7, 11) is 0. The largest absolute Gasteiger partial charge is 0.354 e. The second kappa shape index (κ2) is 8.48. The topological polar surface area (TPSA) is 32.9 Å². The Labute approximate surface area is 185 Å². The van der Waals surface area contributed by atoms with Crippen LogP contribution in [-0.2, 0) is 0 Å². The zero-order valence-electron chi connectivity index (χ0n) is 17.3. The molecule has 1 N–H and O–H groups in total. The van der Waals surface area contributed by atoms with Crippen molar-refractivity contribution in [3.8, 4) is 22.4 Å². The van der Waals surface area contributed by atoms with Crippen molar-refractivity contribution in [3.63, 3.8) is 0 Å². The molecule has 5 aromatic rings. The predicted molar refractivity (Wildman–Crippen MR) is 129 cm³/mol. The molecule has 0 aliphatic heterocycles. The summed E-state index contributed by atoms with van der Waals surface area (Å²) >= 11 is 0. The molecule has 0 bridgehead atoms. The number of hydrogen-bond donors (Lipinski definition) is 1. The third-order valence-electron chi connectivity index (χ3n) is 5.56. The molecule has 5 rings (SSSR count). The number of H-pyrrole nitrogens is 1. The predicted octanol–water partition coefficient (Wildman–Crippen LogP) is 7.54. The van der Waals surface area contributed by atoms with Crippen LogP contribution in [0.3, 0.4) is 0 Å². The minimum atomic E-state index is -0.281. The molecule has 2 nitrogen and oxygen atoms in total. The Morgan fingerprint density at radius 2 is 1.31 bits per heavy atom. The monoisotopic (exact) mass is 417 g/mol. The number of aromatic nitrogens is 1. The average Bonchev–Trinajstić information content (AvgIpc) is 3.22. The summed E-state index contributed by atoms with van der Waals surface area (Å²) in [5.41, 5.74) is 6.40. The zero-order valence-corrected chi connectivity index (χ0v) is 17.3. The van der Waals surface area contributed by atoms with Gasteiger partial charge in [0.05, 0.1) is 5.69 Å². The van der Waals surface area contributed by atoms with E-state index in [2.05, 4.69) is 4.98 Å². The van der Waals surface area contributed by atoms with Crippen LogP contribution in [0.15, 0.2) is 109 Å². The standard InChI is InChI=1S/C29H20FNO/c30-24-16-14-23(15-17-24)29-26(25-8-4-5-9-27(25)31-29)18-19-28(32)22-12-10-21(11-13-22)20-6-2-1-3-7-20/h1-19,31H/b19-18+. The molecule has 0 fully saturated rings. The molecular formula is C29H20FNO. The minimum Gasteiger partial charge on any atom is -0.354 e. The number of fused-ring (bicyclic) bond motifs is 1. The molecule has 1 aromatic heterocycles. The summed E-state index contributed by atoms with van der Waals surface area (Å²) in [5, 5.41) is 1.01. The van der Waals surface area contributed by atoms with Gasteiger partial charge in [-0.3, -0.25) is 4.79 Å². The van der Waals surface area contributed by atoms with Crippen LogP contribution in [-0.4, -0.2) is 10.8 Å². The van der Waals surface area contributed by atoms with Gasteiger partial charge in [-0.2, -0.15) is 0 Å². The zero-order chi connectivity index (χ0) is 21.9. The Balaban J connectivity index is 1.47. The lowest BCUT2D eigenvalue weighted by Gasteiger charge is -2.03. The van der Waals surface area contributed by atoms with E-state index in [1.54, 1.807) is 18.2 Å². The first kappa shape index (κ1) is 19.7. The Hall–Kier alpha value is -4.24. The van der Waals surface area contributed by atoms with Crippen LogP contribution in [0, 0.1) is 5.82 Å². The van der Waals surface area contributed by atoms with Gasteiger partial charge in [0.2, 0.25) is 0 Å². The van der Waals surface area contributed by atoms with E-state index in [4.69, 9.17) is 0 Å². The molecule has 3 heteroatoms. The molecule has 0 unspecified atom stereocenters. The molecular weight excluding hydrogens is 397 g/mol. The minimum absolute atomic E-state index is 0.0695. The van der Waals surface area contributed by atoms with Crippen molar-refractivity contribution in [1.82, 2.24) is 4.98 Å².